The molecule has 0 fully saturated rings. The van der Waals surface area contributed by atoms with Crippen molar-refractivity contribution < 1.29 is 43.4 Å². The highest BCUT2D eigenvalue weighted by molar-refractivity contribution is 6.00. The quantitative estimate of drug-likeness (QED) is 0.0108. The van der Waals surface area contributed by atoms with Crippen molar-refractivity contribution in [3.63, 3.8) is 0 Å². The Morgan fingerprint density at radius 1 is 0.653 bits per heavy atom. The summed E-state index contributed by atoms with van der Waals surface area (Å²) in [4.78, 5) is 94.8. The third kappa shape index (κ3) is 15.1. The molecule has 0 aliphatic heterocycles. The van der Waals surface area contributed by atoms with Gasteiger partial charge < -0.3 is 91.4 Å². The van der Waals surface area contributed by atoms with Crippen LogP contribution in [0.3, 0.4) is 0 Å². The summed E-state index contributed by atoms with van der Waals surface area (Å²) in [7, 11) is 3.73. The fraction of sp³-hybridized carbons (Fsp3) is 0.231. The number of nitro groups is 1. The Labute approximate surface area is 406 Å². The molecule has 33 heteroatoms. The number of anilines is 2. The number of guanidine groups is 4. The minimum Gasteiger partial charge on any atom is -0.378 e. The fourth-order valence-corrected chi connectivity index (χ4v) is 6.24. The number of nitro benzene ring substituents is 1. The monoisotopic (exact) mass is 1000 g/mol. The van der Waals surface area contributed by atoms with Crippen molar-refractivity contribution in [1.82, 2.24) is 58.2 Å². The maximum absolute atomic E-state index is 14.2. The van der Waals surface area contributed by atoms with Gasteiger partial charge in [-0.05, 0) is 39.6 Å². The van der Waals surface area contributed by atoms with Gasteiger partial charge in [0.15, 0.2) is 54.0 Å². The average molecular weight is 1000 g/mol. The van der Waals surface area contributed by atoms with Crippen LogP contribution in [0, 0.1) is 31.8 Å². The molecule has 72 heavy (non-hydrogen) atoms. The molecule has 0 aliphatic rings. The molecule has 6 amide bonds. The second-order valence-corrected chi connectivity index (χ2v) is 15.0. The van der Waals surface area contributed by atoms with Crippen LogP contribution >= 0.6 is 0 Å². The first-order valence-corrected chi connectivity index (χ1v) is 20.5. The van der Waals surface area contributed by atoms with Gasteiger partial charge in [-0.1, -0.05) is 54.6 Å². The average Bonchev–Trinajstić information content (AvgIpc) is 3.81. The standard InChI is InChI=1S/C39H51N23O10/c1-60(2)19-12-10-17(11-13-19)7-6-16-61(20-14-15-21(62(70)71)24-23(20)58-72-59-24)35(69)34(68)49-22(18-8-4-3-5-9-18)30(64)51-27(55-37(43)44)32(66)53-29(57-39(47)48)33(67)52-28(56-38(45)46)31(65)50-26(25(40)63)54-36(41)42/h3-15,22,26-29,35,69H,16H2,1-2H3,(H2,40,63)(H,49,68)(H,50,65)(H,51,64)(H,52,67)(H,53,66)(H4,41,42,54)(H4,43,44,55)(H4,45,46,56)(H4,47,48,57)/b7-6-. The Morgan fingerprint density at radius 3 is 1.60 bits per heavy atom. The number of benzene rings is 3. The molecule has 24 N–H and O–H groups in total. The lowest BCUT2D eigenvalue weighted by molar-refractivity contribution is -0.383. The molecule has 3 aromatic carbocycles. The topological polar surface area (TPSA) is 545 Å². The number of hydrogen-bond donors (Lipinski definition) is 19. The molecular weight excluding hydrogens is 951 g/mol. The van der Waals surface area contributed by atoms with Gasteiger partial charge in [-0.15, -0.1) is 0 Å². The summed E-state index contributed by atoms with van der Waals surface area (Å²) in [5, 5.41) is 80.6. The molecule has 0 spiro atoms. The lowest BCUT2D eigenvalue weighted by Gasteiger charge is -2.30. The number of carbonyl (C=O) groups is 6. The van der Waals surface area contributed by atoms with Gasteiger partial charge in [0.05, 0.1) is 10.6 Å². The highest BCUT2D eigenvalue weighted by Gasteiger charge is 2.36. The molecule has 1 aromatic heterocycles. The third-order valence-corrected chi connectivity index (χ3v) is 9.53. The number of fused-ring (bicyclic) bond motifs is 1. The molecule has 0 saturated carbocycles. The zero-order chi connectivity index (χ0) is 53.4. The van der Waals surface area contributed by atoms with Crippen LogP contribution in [0.2, 0.25) is 0 Å². The number of hydrogen-bond acceptors (Lipinski definition) is 18. The first-order chi connectivity index (χ1) is 34.0. The van der Waals surface area contributed by atoms with Gasteiger partial charge in [-0.3, -0.25) is 60.5 Å². The Morgan fingerprint density at radius 2 is 1.12 bits per heavy atom. The number of primary amides is 1. The fourth-order valence-electron chi connectivity index (χ4n) is 6.24. The van der Waals surface area contributed by atoms with Gasteiger partial charge in [0.1, 0.15) is 6.04 Å². The predicted octanol–water partition coefficient (Wildman–Crippen LogP) is -5.92. The first kappa shape index (κ1) is 54.3. The van der Waals surface area contributed by atoms with Crippen molar-refractivity contribution in [2.75, 3.05) is 30.4 Å². The third-order valence-electron chi connectivity index (χ3n) is 9.53. The lowest BCUT2D eigenvalue weighted by Crippen LogP contribution is -2.68. The van der Waals surface area contributed by atoms with Crippen LogP contribution in [0.4, 0.5) is 17.1 Å². The second-order valence-electron chi connectivity index (χ2n) is 15.0. The molecule has 1 heterocycles. The van der Waals surface area contributed by atoms with Crippen LogP contribution in [0.5, 0.6) is 0 Å². The summed E-state index contributed by atoms with van der Waals surface area (Å²) in [5.74, 6) is -11.4. The van der Waals surface area contributed by atoms with Crippen molar-refractivity contribution >= 4 is 93.5 Å². The number of carbonyl (C=O) groups excluding carboxylic acids is 6. The Bertz CT molecular complexity index is 2730. The van der Waals surface area contributed by atoms with Crippen LogP contribution < -0.4 is 86.3 Å². The lowest BCUT2D eigenvalue weighted by atomic mass is 10.1. The van der Waals surface area contributed by atoms with E-state index in [1.54, 1.807) is 18.2 Å². The maximum atomic E-state index is 14.2. The maximum Gasteiger partial charge on any atom is 0.300 e. The molecule has 6 atom stereocenters. The molecule has 4 aromatic rings. The van der Waals surface area contributed by atoms with Crippen LogP contribution in [0.1, 0.15) is 17.2 Å². The number of nitrogens with two attached hydrogens (primary N) is 5. The largest absolute Gasteiger partial charge is 0.378 e. The van der Waals surface area contributed by atoms with E-state index >= 15 is 0 Å². The second kappa shape index (κ2) is 24.6. The van der Waals surface area contributed by atoms with E-state index in [0.717, 1.165) is 22.2 Å². The summed E-state index contributed by atoms with van der Waals surface area (Å²) in [6.45, 7) is -0.263. The van der Waals surface area contributed by atoms with Crippen LogP contribution in [-0.4, -0.2) is 131 Å². The van der Waals surface area contributed by atoms with E-state index in [1.165, 1.54) is 30.3 Å². The van der Waals surface area contributed by atoms with Crippen LogP contribution in [0.25, 0.3) is 17.1 Å². The molecule has 0 aliphatic carbocycles. The van der Waals surface area contributed by atoms with Gasteiger partial charge in [0.2, 0.25) is 17.7 Å². The van der Waals surface area contributed by atoms with Gasteiger partial charge in [-0.2, -0.15) is 0 Å². The number of nitrogens with one attached hydrogen (secondary N) is 13. The molecule has 6 unspecified atom stereocenters. The number of aliphatic hydroxyl groups is 1. The molecule has 4 rings (SSSR count). The molecule has 33 nitrogen and oxygen atoms in total. The molecular formula is C39H51N23O10. The van der Waals surface area contributed by atoms with Gasteiger partial charge in [0, 0.05) is 32.4 Å². The summed E-state index contributed by atoms with van der Waals surface area (Å²) in [6, 6.07) is 15.2. The van der Waals surface area contributed by atoms with E-state index in [2.05, 4.69) is 42.2 Å². The van der Waals surface area contributed by atoms with E-state index in [1.807, 2.05) is 59.2 Å². The Balaban J connectivity index is 1.64. The number of nitrogens with zero attached hydrogens (tertiary/aromatic N) is 5. The normalized spacial score (nSPS) is 13.3. The SMILES string of the molecule is CN(C)c1ccc(/C=C\CN(c2ccc([N+](=O)[O-])c3nonc23)C(O)C(=O)NC(C(=O)NC(NC(=N)N)C(=O)NC(NC(=N)N)C(=O)NC(NC(=N)N)C(=O)NC(NC(=N)N)C(N)=O)c2ccccc2)cc1. The molecule has 0 saturated heterocycles. The van der Waals surface area contributed by atoms with Crippen molar-refractivity contribution in [2.24, 2.45) is 28.7 Å². The van der Waals surface area contributed by atoms with Crippen molar-refractivity contribution in [1.29, 1.82) is 21.6 Å². The van der Waals surface area contributed by atoms with Crippen molar-refractivity contribution in [3.05, 3.63) is 94.0 Å². The highest BCUT2D eigenvalue weighted by Crippen LogP contribution is 2.32. The van der Waals surface area contributed by atoms with E-state index in [-0.39, 0.29) is 28.8 Å². The smallest absolute Gasteiger partial charge is 0.300 e. The zero-order valence-corrected chi connectivity index (χ0v) is 37.9. The van der Waals surface area contributed by atoms with Crippen LogP contribution in [-0.2, 0) is 28.8 Å². The summed E-state index contributed by atoms with van der Waals surface area (Å²) >= 11 is 0. The predicted molar refractivity (Wildman–Crippen MR) is 256 cm³/mol. The first-order valence-electron chi connectivity index (χ1n) is 20.5. The zero-order valence-electron chi connectivity index (χ0n) is 37.9. The minimum absolute atomic E-state index is 0.0585. The van der Waals surface area contributed by atoms with E-state index in [0.29, 0.717) is 0 Å². The van der Waals surface area contributed by atoms with Crippen molar-refractivity contribution in [3.8, 4) is 0 Å². The van der Waals surface area contributed by atoms with Crippen molar-refractivity contribution in [2.45, 2.75) is 36.9 Å². The number of aliphatic hydroxyl groups excluding tert-OH is 1. The highest BCUT2D eigenvalue weighted by atomic mass is 16.6. The number of aromatic nitrogens is 2. The van der Waals surface area contributed by atoms with Gasteiger partial charge >= 0.3 is 5.69 Å². The minimum atomic E-state index is -2.20. The van der Waals surface area contributed by atoms with E-state index < -0.39 is 107 Å². The summed E-state index contributed by atoms with van der Waals surface area (Å²) in [6.07, 6.45) is -7.05. The molecule has 0 radical (unpaired) electrons. The summed E-state index contributed by atoms with van der Waals surface area (Å²) in [5.41, 5.74) is 27.4. The Kier molecular flexibility index (Phi) is 18.6. The van der Waals surface area contributed by atoms with Gasteiger partial charge in [0.25, 0.3) is 29.5 Å². The van der Waals surface area contributed by atoms with E-state index in [9.17, 15) is 44.0 Å². The summed E-state index contributed by atoms with van der Waals surface area (Å²) < 4.78 is 4.80. The van der Waals surface area contributed by atoms with E-state index in [4.69, 9.17) is 54.9 Å². The number of rotatable bonds is 23. The van der Waals surface area contributed by atoms with Crippen LogP contribution in [0.15, 0.2) is 77.4 Å². The Hall–Kier alpha value is -10.3. The molecule has 382 valence electrons. The number of non-ortho nitro benzene ring substituents is 1. The van der Waals surface area contributed by atoms with Gasteiger partial charge in [-0.25, -0.2) is 4.63 Å². The number of amides is 6. The molecule has 0 bridgehead atoms.